The zero-order valence-corrected chi connectivity index (χ0v) is 11.2. The van der Waals surface area contributed by atoms with E-state index in [2.05, 4.69) is 28.1 Å². The lowest BCUT2D eigenvalue weighted by Crippen LogP contribution is -2.50. The molecule has 0 aromatic carbocycles. The summed E-state index contributed by atoms with van der Waals surface area (Å²) in [7, 11) is 2.77. The molecule has 1 unspecified atom stereocenters. The summed E-state index contributed by atoms with van der Waals surface area (Å²) in [6.45, 7) is 7.46. The first-order valence-electron chi connectivity index (χ1n) is 7.42. The second kappa shape index (κ2) is 3.78. The maximum absolute atomic E-state index is 2.77. The SMILES string of the molecule is C[C@H]1CCC[C@@H]1[B]C1C[C@@H]2C[C@H](C1)C2(C)C. The third kappa shape index (κ3) is 1.66. The Hall–Kier alpha value is 0.0649. The standard InChI is InChI=1S/C15H26B/c1-10-5-4-6-14(10)16-13-8-11-7-12(9-13)15(11,2)3/h10-14H,4-9H2,1-3H3/t10-,11-,12+,13?,14-/m0/s1. The lowest BCUT2D eigenvalue weighted by atomic mass is 9.38. The predicted molar refractivity (Wildman–Crippen MR) is 70.9 cm³/mol. The van der Waals surface area contributed by atoms with E-state index >= 15 is 0 Å². The first kappa shape index (κ1) is 11.2. The molecule has 4 aliphatic rings. The fourth-order valence-corrected chi connectivity index (χ4v) is 4.72. The van der Waals surface area contributed by atoms with Gasteiger partial charge in [-0.05, 0) is 29.6 Å². The van der Waals surface area contributed by atoms with E-state index in [1.165, 1.54) is 38.5 Å². The van der Waals surface area contributed by atoms with Gasteiger partial charge in [0.25, 0.3) is 0 Å². The Kier molecular flexibility index (Phi) is 2.64. The molecule has 0 aromatic heterocycles. The molecule has 0 aliphatic heterocycles. The molecule has 0 saturated heterocycles. The van der Waals surface area contributed by atoms with Gasteiger partial charge in [-0.2, -0.15) is 0 Å². The van der Waals surface area contributed by atoms with Crippen molar-refractivity contribution >= 4 is 7.28 Å². The van der Waals surface area contributed by atoms with Crippen LogP contribution in [0.2, 0.25) is 11.6 Å². The van der Waals surface area contributed by atoms with Crippen LogP contribution in [-0.4, -0.2) is 7.28 Å². The van der Waals surface area contributed by atoms with Gasteiger partial charge in [0.1, 0.15) is 7.28 Å². The maximum Gasteiger partial charge on any atom is 0.118 e. The molecule has 0 amide bonds. The molecular weight excluding hydrogens is 191 g/mol. The average molecular weight is 217 g/mol. The average Bonchev–Trinajstić information content (AvgIpc) is 2.65. The molecule has 4 rings (SSSR count). The van der Waals surface area contributed by atoms with Gasteiger partial charge in [-0.25, -0.2) is 0 Å². The number of hydrogen-bond donors (Lipinski definition) is 0. The van der Waals surface area contributed by atoms with Crippen LogP contribution in [0.4, 0.5) is 0 Å². The van der Waals surface area contributed by atoms with Crippen LogP contribution in [0, 0.1) is 23.2 Å². The Morgan fingerprint density at radius 2 is 1.69 bits per heavy atom. The minimum Gasteiger partial charge on any atom is -0.0680 e. The van der Waals surface area contributed by atoms with Crippen LogP contribution in [-0.2, 0) is 0 Å². The third-order valence-corrected chi connectivity index (χ3v) is 6.30. The van der Waals surface area contributed by atoms with Crippen molar-refractivity contribution in [3.05, 3.63) is 0 Å². The van der Waals surface area contributed by atoms with Crippen molar-refractivity contribution < 1.29 is 0 Å². The fourth-order valence-electron chi connectivity index (χ4n) is 4.72. The van der Waals surface area contributed by atoms with Crippen molar-refractivity contribution in [3.63, 3.8) is 0 Å². The van der Waals surface area contributed by atoms with Gasteiger partial charge in [-0.3, -0.25) is 0 Å². The van der Waals surface area contributed by atoms with E-state index in [4.69, 9.17) is 0 Å². The van der Waals surface area contributed by atoms with Gasteiger partial charge < -0.3 is 0 Å². The molecular formula is C15H26B. The summed E-state index contributed by atoms with van der Waals surface area (Å²) in [5, 5.41) is 0. The van der Waals surface area contributed by atoms with Crippen LogP contribution >= 0.6 is 0 Å². The van der Waals surface area contributed by atoms with Crippen LogP contribution < -0.4 is 0 Å². The molecule has 0 nitrogen and oxygen atoms in total. The van der Waals surface area contributed by atoms with Gasteiger partial charge in [0.2, 0.25) is 0 Å². The number of hydrogen-bond acceptors (Lipinski definition) is 0. The topological polar surface area (TPSA) is 0 Å². The second-order valence-electron chi connectivity index (χ2n) is 7.45. The van der Waals surface area contributed by atoms with Gasteiger partial charge in [0.15, 0.2) is 0 Å². The Bertz CT molecular complexity index is 257. The molecule has 2 bridgehead atoms. The van der Waals surface area contributed by atoms with Crippen molar-refractivity contribution in [2.75, 3.05) is 0 Å². The van der Waals surface area contributed by atoms with E-state index in [0.717, 1.165) is 29.4 Å². The lowest BCUT2D eigenvalue weighted by molar-refractivity contribution is -0.0647. The quantitative estimate of drug-likeness (QED) is 0.595. The van der Waals surface area contributed by atoms with E-state index in [1.54, 1.807) is 0 Å². The summed E-state index contributed by atoms with van der Waals surface area (Å²) in [6, 6.07) is 0. The monoisotopic (exact) mass is 217 g/mol. The molecule has 16 heavy (non-hydrogen) atoms. The van der Waals surface area contributed by atoms with Crippen molar-refractivity contribution in [3.8, 4) is 0 Å². The molecule has 89 valence electrons. The zero-order chi connectivity index (χ0) is 11.3. The summed E-state index contributed by atoms with van der Waals surface area (Å²) < 4.78 is 0. The van der Waals surface area contributed by atoms with Crippen molar-refractivity contribution in [2.45, 2.75) is 70.9 Å². The van der Waals surface area contributed by atoms with E-state index in [9.17, 15) is 0 Å². The Labute approximate surface area is 102 Å². The summed E-state index contributed by atoms with van der Waals surface area (Å²) in [5.41, 5.74) is 0.686. The van der Waals surface area contributed by atoms with E-state index in [-0.39, 0.29) is 0 Å². The first-order chi connectivity index (χ1) is 7.57. The van der Waals surface area contributed by atoms with Crippen LogP contribution in [0.3, 0.4) is 0 Å². The van der Waals surface area contributed by atoms with E-state index < -0.39 is 0 Å². The predicted octanol–water partition coefficient (Wildman–Crippen LogP) is 4.54. The highest BCUT2D eigenvalue weighted by Gasteiger charge is 2.52. The molecule has 1 heteroatoms. The zero-order valence-electron chi connectivity index (χ0n) is 11.2. The first-order valence-corrected chi connectivity index (χ1v) is 7.42. The van der Waals surface area contributed by atoms with Crippen molar-refractivity contribution in [1.82, 2.24) is 0 Å². The molecule has 0 heterocycles. The summed E-state index contributed by atoms with van der Waals surface area (Å²) in [4.78, 5) is 0. The highest BCUT2D eigenvalue weighted by atomic mass is 14.6. The van der Waals surface area contributed by atoms with Gasteiger partial charge in [-0.15, -0.1) is 0 Å². The van der Waals surface area contributed by atoms with Gasteiger partial charge in [-0.1, -0.05) is 64.5 Å². The molecule has 0 N–H and O–H groups in total. The van der Waals surface area contributed by atoms with Crippen LogP contribution in [0.1, 0.15) is 59.3 Å². The van der Waals surface area contributed by atoms with Crippen molar-refractivity contribution in [1.29, 1.82) is 0 Å². The van der Waals surface area contributed by atoms with Crippen LogP contribution in [0.15, 0.2) is 0 Å². The largest absolute Gasteiger partial charge is 0.118 e. The molecule has 5 atom stereocenters. The summed E-state index contributed by atoms with van der Waals surface area (Å²) >= 11 is 0. The third-order valence-electron chi connectivity index (χ3n) is 6.30. The molecule has 1 radical (unpaired) electrons. The fraction of sp³-hybridized carbons (Fsp3) is 1.00. The lowest BCUT2D eigenvalue weighted by Gasteiger charge is -2.59. The highest BCUT2D eigenvalue weighted by molar-refractivity contribution is 6.40. The van der Waals surface area contributed by atoms with Gasteiger partial charge in [0.05, 0.1) is 0 Å². The maximum atomic E-state index is 2.77. The van der Waals surface area contributed by atoms with Crippen molar-refractivity contribution in [2.24, 2.45) is 23.2 Å². The Balaban J connectivity index is 1.55. The second-order valence-corrected chi connectivity index (χ2v) is 7.45. The molecule has 4 aliphatic carbocycles. The minimum atomic E-state index is 0.686. The Morgan fingerprint density at radius 1 is 1.00 bits per heavy atom. The molecule has 4 saturated carbocycles. The van der Waals surface area contributed by atoms with Gasteiger partial charge >= 0.3 is 0 Å². The Morgan fingerprint density at radius 3 is 2.19 bits per heavy atom. The smallest absolute Gasteiger partial charge is 0.0680 e. The number of fused-ring (bicyclic) bond motifs is 2. The van der Waals surface area contributed by atoms with Crippen LogP contribution in [0.25, 0.3) is 0 Å². The van der Waals surface area contributed by atoms with E-state index in [0.29, 0.717) is 5.41 Å². The van der Waals surface area contributed by atoms with E-state index in [1.807, 2.05) is 0 Å². The highest BCUT2D eigenvalue weighted by Crippen LogP contribution is 2.62. The molecule has 0 spiro atoms. The normalized spacial score (nSPS) is 49.8. The summed E-state index contributed by atoms with van der Waals surface area (Å²) in [6.07, 6.45) is 8.99. The molecule has 4 fully saturated rings. The van der Waals surface area contributed by atoms with Gasteiger partial charge in [0, 0.05) is 0 Å². The molecule has 0 aromatic rings. The minimum absolute atomic E-state index is 0.686. The number of rotatable bonds is 2. The van der Waals surface area contributed by atoms with Crippen LogP contribution in [0.5, 0.6) is 0 Å². The summed E-state index contributed by atoms with van der Waals surface area (Å²) in [5.74, 6) is 5.01.